The summed E-state index contributed by atoms with van der Waals surface area (Å²) in [5.41, 5.74) is 1.18. The van der Waals surface area contributed by atoms with Gasteiger partial charge < -0.3 is 14.6 Å². The molecule has 0 bridgehead atoms. The molecule has 164 valence electrons. The van der Waals surface area contributed by atoms with Gasteiger partial charge in [-0.3, -0.25) is 14.8 Å². The zero-order chi connectivity index (χ0) is 21.5. The third-order valence-corrected chi connectivity index (χ3v) is 5.49. The van der Waals surface area contributed by atoms with Crippen molar-refractivity contribution >= 4 is 5.91 Å². The predicted octanol–water partition coefficient (Wildman–Crippen LogP) is 2.14. The highest BCUT2D eigenvalue weighted by Crippen LogP contribution is 2.26. The maximum atomic E-state index is 12.5. The van der Waals surface area contributed by atoms with E-state index in [1.165, 1.54) is 31.2 Å². The third kappa shape index (κ3) is 5.46. The normalized spacial score (nSPS) is 15.5. The lowest BCUT2D eigenvalue weighted by Gasteiger charge is -2.35. The number of hydrogen-bond donors (Lipinski definition) is 2. The van der Waals surface area contributed by atoms with E-state index in [4.69, 9.17) is 9.26 Å². The van der Waals surface area contributed by atoms with Crippen LogP contribution in [-0.2, 0) is 11.2 Å². The molecule has 1 atom stereocenters. The maximum Gasteiger partial charge on any atom is 0.239 e. The van der Waals surface area contributed by atoms with Crippen LogP contribution in [-0.4, -0.2) is 62.9 Å². The van der Waals surface area contributed by atoms with Crippen LogP contribution in [0.5, 0.6) is 5.75 Å². The van der Waals surface area contributed by atoms with Gasteiger partial charge in [0.1, 0.15) is 12.1 Å². The number of H-pyrrole nitrogens is 1. The molecule has 4 rings (SSSR count). The number of rotatable bonds is 9. The fourth-order valence-electron chi connectivity index (χ4n) is 3.80. The molecule has 10 heteroatoms. The fourth-order valence-corrected chi connectivity index (χ4v) is 3.80. The lowest BCUT2D eigenvalue weighted by molar-refractivity contribution is -0.121. The average molecular weight is 425 g/mol. The van der Waals surface area contributed by atoms with Gasteiger partial charge in [-0.2, -0.15) is 10.1 Å². The number of nitrogens with zero attached hydrogens (tertiary/aromatic N) is 5. The van der Waals surface area contributed by atoms with Crippen LogP contribution in [0.1, 0.15) is 43.2 Å². The fraction of sp³-hybridized carbons (Fsp3) is 0.476. The van der Waals surface area contributed by atoms with Crippen molar-refractivity contribution in [2.75, 3.05) is 26.7 Å². The van der Waals surface area contributed by atoms with Crippen molar-refractivity contribution in [3.05, 3.63) is 42.0 Å². The van der Waals surface area contributed by atoms with Crippen LogP contribution in [0.2, 0.25) is 0 Å². The quantitative estimate of drug-likeness (QED) is 0.535. The Morgan fingerprint density at radius 1 is 1.26 bits per heavy atom. The van der Waals surface area contributed by atoms with E-state index in [0.29, 0.717) is 30.5 Å². The molecule has 2 aromatic heterocycles. The SMILES string of the molecule is COc1ccc([C@H](CNC(=O)CCc2nc(-c3ncn[nH]3)no2)N2CCCCC2)cc1. The van der Waals surface area contributed by atoms with Gasteiger partial charge in [0.2, 0.25) is 17.6 Å². The first-order valence-electron chi connectivity index (χ1n) is 10.6. The van der Waals surface area contributed by atoms with Gasteiger partial charge in [-0.15, -0.1) is 0 Å². The van der Waals surface area contributed by atoms with E-state index in [0.717, 1.165) is 18.8 Å². The summed E-state index contributed by atoms with van der Waals surface area (Å²) in [4.78, 5) is 23.2. The van der Waals surface area contributed by atoms with Crippen LogP contribution in [0.15, 0.2) is 35.1 Å². The Morgan fingerprint density at radius 3 is 2.77 bits per heavy atom. The van der Waals surface area contributed by atoms with Crippen LogP contribution in [0.4, 0.5) is 0 Å². The van der Waals surface area contributed by atoms with Gasteiger partial charge in [0.25, 0.3) is 0 Å². The van der Waals surface area contributed by atoms with Gasteiger partial charge >= 0.3 is 0 Å². The Bertz CT molecular complexity index is 950. The number of carbonyl (C=O) groups is 1. The summed E-state index contributed by atoms with van der Waals surface area (Å²) in [5, 5.41) is 13.4. The minimum Gasteiger partial charge on any atom is -0.497 e. The second-order valence-electron chi connectivity index (χ2n) is 7.54. The van der Waals surface area contributed by atoms with E-state index >= 15 is 0 Å². The first-order chi connectivity index (χ1) is 15.2. The lowest BCUT2D eigenvalue weighted by atomic mass is 10.0. The van der Waals surface area contributed by atoms with E-state index in [1.54, 1.807) is 7.11 Å². The van der Waals surface area contributed by atoms with E-state index in [2.05, 4.69) is 47.7 Å². The van der Waals surface area contributed by atoms with Gasteiger partial charge in [-0.25, -0.2) is 4.98 Å². The smallest absolute Gasteiger partial charge is 0.239 e. The van der Waals surface area contributed by atoms with E-state index in [-0.39, 0.29) is 18.4 Å². The van der Waals surface area contributed by atoms with Crippen LogP contribution in [0.25, 0.3) is 11.6 Å². The molecule has 31 heavy (non-hydrogen) atoms. The Morgan fingerprint density at radius 2 is 2.06 bits per heavy atom. The number of hydrogen-bond acceptors (Lipinski definition) is 8. The van der Waals surface area contributed by atoms with Gasteiger partial charge in [-0.05, 0) is 43.6 Å². The molecule has 0 unspecified atom stereocenters. The van der Waals surface area contributed by atoms with Gasteiger partial charge in [0.15, 0.2) is 5.82 Å². The predicted molar refractivity (Wildman–Crippen MR) is 112 cm³/mol. The van der Waals surface area contributed by atoms with Crippen molar-refractivity contribution in [2.24, 2.45) is 0 Å². The second-order valence-corrected chi connectivity index (χ2v) is 7.54. The average Bonchev–Trinajstić information content (AvgIpc) is 3.51. The van der Waals surface area contributed by atoms with Gasteiger partial charge in [-0.1, -0.05) is 23.7 Å². The molecule has 1 aliphatic rings. The number of piperidine rings is 1. The van der Waals surface area contributed by atoms with Crippen molar-refractivity contribution in [1.82, 2.24) is 35.5 Å². The number of methoxy groups -OCH3 is 1. The minimum absolute atomic E-state index is 0.0464. The molecule has 0 radical (unpaired) electrons. The number of aromatic nitrogens is 5. The number of aryl methyl sites for hydroxylation is 1. The molecule has 1 fully saturated rings. The molecule has 3 aromatic rings. The van der Waals surface area contributed by atoms with Crippen molar-refractivity contribution < 1.29 is 14.1 Å². The third-order valence-electron chi connectivity index (χ3n) is 5.49. The maximum absolute atomic E-state index is 12.5. The highest BCUT2D eigenvalue weighted by atomic mass is 16.5. The number of carbonyl (C=O) groups excluding carboxylic acids is 1. The summed E-state index contributed by atoms with van der Waals surface area (Å²) in [5.74, 6) is 1.94. The molecule has 0 spiro atoms. The van der Waals surface area contributed by atoms with Crippen molar-refractivity contribution in [1.29, 1.82) is 0 Å². The Labute approximate surface area is 180 Å². The highest BCUT2D eigenvalue weighted by molar-refractivity contribution is 5.76. The van der Waals surface area contributed by atoms with E-state index in [9.17, 15) is 4.79 Å². The summed E-state index contributed by atoms with van der Waals surface area (Å²) in [6.45, 7) is 2.64. The largest absolute Gasteiger partial charge is 0.497 e. The summed E-state index contributed by atoms with van der Waals surface area (Å²) in [6.07, 6.45) is 5.65. The molecule has 2 N–H and O–H groups in total. The van der Waals surface area contributed by atoms with Crippen molar-refractivity contribution in [3.63, 3.8) is 0 Å². The number of benzene rings is 1. The first-order valence-corrected chi connectivity index (χ1v) is 10.6. The number of aromatic amines is 1. The van der Waals surface area contributed by atoms with Crippen LogP contribution in [0, 0.1) is 0 Å². The summed E-state index contributed by atoms with van der Waals surface area (Å²) in [6, 6.07) is 8.23. The van der Waals surface area contributed by atoms with Crippen LogP contribution >= 0.6 is 0 Å². The van der Waals surface area contributed by atoms with Gasteiger partial charge in [0.05, 0.1) is 13.2 Å². The lowest BCUT2D eigenvalue weighted by Crippen LogP contribution is -2.40. The molecule has 10 nitrogen and oxygen atoms in total. The molecule has 1 saturated heterocycles. The molecule has 1 amide bonds. The second kappa shape index (κ2) is 10.2. The highest BCUT2D eigenvalue weighted by Gasteiger charge is 2.23. The standard InChI is InChI=1S/C21H27N7O3/c1-30-16-7-5-15(6-8-16)17(28-11-3-2-4-12-28)13-22-18(29)9-10-19-25-21(27-31-19)20-23-14-24-26-20/h5-8,14,17H,2-4,9-13H2,1H3,(H,22,29)(H,23,24,26)/t17-/m0/s1. The van der Waals surface area contributed by atoms with Crippen LogP contribution < -0.4 is 10.1 Å². The summed E-state index contributed by atoms with van der Waals surface area (Å²) in [7, 11) is 1.66. The molecular weight excluding hydrogens is 398 g/mol. The number of amides is 1. The summed E-state index contributed by atoms with van der Waals surface area (Å²) < 4.78 is 10.5. The van der Waals surface area contributed by atoms with Crippen LogP contribution in [0.3, 0.4) is 0 Å². The Hall–Kier alpha value is -3.27. The molecule has 1 aliphatic heterocycles. The first kappa shape index (κ1) is 21.0. The molecule has 3 heterocycles. The zero-order valence-electron chi connectivity index (χ0n) is 17.6. The zero-order valence-corrected chi connectivity index (χ0v) is 17.6. The number of nitrogens with one attached hydrogen (secondary N) is 2. The van der Waals surface area contributed by atoms with Crippen molar-refractivity contribution in [3.8, 4) is 17.4 Å². The minimum atomic E-state index is -0.0464. The summed E-state index contributed by atoms with van der Waals surface area (Å²) >= 11 is 0. The molecule has 0 saturated carbocycles. The number of likely N-dealkylation sites (tertiary alicyclic amines) is 1. The Kier molecular flexibility index (Phi) is 6.88. The van der Waals surface area contributed by atoms with Crippen molar-refractivity contribution in [2.45, 2.75) is 38.1 Å². The molecule has 1 aromatic carbocycles. The molecular formula is C21H27N7O3. The Balaban J connectivity index is 1.33. The van der Waals surface area contributed by atoms with Gasteiger partial charge in [0, 0.05) is 19.4 Å². The van der Waals surface area contributed by atoms with E-state index < -0.39 is 0 Å². The molecule has 0 aliphatic carbocycles. The topological polar surface area (TPSA) is 122 Å². The monoisotopic (exact) mass is 425 g/mol. The van der Waals surface area contributed by atoms with E-state index in [1.807, 2.05) is 12.1 Å². The number of ether oxygens (including phenoxy) is 1.